The Bertz CT molecular complexity index is 550. The molecule has 2 unspecified atom stereocenters. The van der Waals surface area contributed by atoms with E-state index in [9.17, 15) is 0 Å². The van der Waals surface area contributed by atoms with Crippen molar-refractivity contribution in [2.75, 3.05) is 26.7 Å². The van der Waals surface area contributed by atoms with Crippen molar-refractivity contribution in [3.63, 3.8) is 0 Å². The van der Waals surface area contributed by atoms with Crippen molar-refractivity contribution >= 4 is 5.96 Å². The third kappa shape index (κ3) is 6.03. The van der Waals surface area contributed by atoms with Crippen LogP contribution in [0.25, 0.3) is 0 Å². The smallest absolute Gasteiger partial charge is 0.191 e. The van der Waals surface area contributed by atoms with Gasteiger partial charge in [-0.1, -0.05) is 6.42 Å². The van der Waals surface area contributed by atoms with Crippen LogP contribution in [0.2, 0.25) is 0 Å². The average Bonchev–Trinajstić information content (AvgIpc) is 2.91. The molecule has 1 aliphatic heterocycles. The average molecular weight is 349 g/mol. The molecule has 1 aliphatic rings. The van der Waals surface area contributed by atoms with Gasteiger partial charge in [-0.15, -0.1) is 0 Å². The molecular weight excluding hydrogens is 312 g/mol. The number of likely N-dealkylation sites (tertiary alicyclic amines) is 1. The maximum Gasteiger partial charge on any atom is 0.191 e. The van der Waals surface area contributed by atoms with Crippen molar-refractivity contribution in [2.24, 2.45) is 4.99 Å². The van der Waals surface area contributed by atoms with Crippen molar-refractivity contribution in [3.05, 3.63) is 17.5 Å². The highest BCUT2D eigenvalue weighted by Gasteiger charge is 2.22. The van der Waals surface area contributed by atoms with Crippen LogP contribution < -0.4 is 10.6 Å². The molecular formula is C19H36N6. The molecule has 2 atom stereocenters. The molecule has 142 valence electrons. The van der Waals surface area contributed by atoms with Crippen LogP contribution in [0, 0.1) is 13.8 Å². The first-order valence-electron chi connectivity index (χ1n) is 9.72. The number of nitrogens with one attached hydrogen (secondary N) is 2. The Hall–Kier alpha value is -1.56. The number of hydrogen-bond acceptors (Lipinski definition) is 3. The van der Waals surface area contributed by atoms with Gasteiger partial charge in [-0.3, -0.25) is 14.6 Å². The maximum atomic E-state index is 4.50. The van der Waals surface area contributed by atoms with Gasteiger partial charge >= 0.3 is 0 Å². The Morgan fingerprint density at radius 3 is 2.80 bits per heavy atom. The first-order chi connectivity index (χ1) is 12.0. The van der Waals surface area contributed by atoms with Gasteiger partial charge in [-0.05, 0) is 59.6 Å². The van der Waals surface area contributed by atoms with Crippen molar-refractivity contribution in [3.8, 4) is 0 Å². The summed E-state index contributed by atoms with van der Waals surface area (Å²) in [4.78, 5) is 6.96. The number of aryl methyl sites for hydroxylation is 3. The summed E-state index contributed by atoms with van der Waals surface area (Å²) in [5.74, 6) is 0.893. The number of aliphatic imine (C=N–C) groups is 1. The van der Waals surface area contributed by atoms with Gasteiger partial charge in [0.15, 0.2) is 5.96 Å². The fourth-order valence-corrected chi connectivity index (χ4v) is 3.69. The second-order valence-corrected chi connectivity index (χ2v) is 7.32. The minimum atomic E-state index is 0.531. The van der Waals surface area contributed by atoms with Crippen LogP contribution in [-0.4, -0.2) is 59.4 Å². The van der Waals surface area contributed by atoms with E-state index >= 15 is 0 Å². The van der Waals surface area contributed by atoms with E-state index in [0.29, 0.717) is 12.1 Å². The lowest BCUT2D eigenvalue weighted by Gasteiger charge is -2.38. The van der Waals surface area contributed by atoms with E-state index in [1.165, 1.54) is 31.5 Å². The Morgan fingerprint density at radius 2 is 2.16 bits per heavy atom. The minimum absolute atomic E-state index is 0.531. The molecule has 2 rings (SSSR count). The third-order valence-corrected chi connectivity index (χ3v) is 5.15. The summed E-state index contributed by atoms with van der Waals surface area (Å²) in [6.45, 7) is 12.8. The number of piperidine rings is 1. The van der Waals surface area contributed by atoms with E-state index in [-0.39, 0.29) is 0 Å². The molecule has 1 fully saturated rings. The van der Waals surface area contributed by atoms with Crippen LogP contribution in [0.1, 0.15) is 50.9 Å². The van der Waals surface area contributed by atoms with E-state index < -0.39 is 0 Å². The molecule has 0 amide bonds. The van der Waals surface area contributed by atoms with Crippen molar-refractivity contribution in [2.45, 2.75) is 72.0 Å². The lowest BCUT2D eigenvalue weighted by molar-refractivity contribution is 0.115. The lowest BCUT2D eigenvalue weighted by atomic mass is 10.0. The fraction of sp³-hybridized carbons (Fsp3) is 0.789. The molecule has 0 bridgehead atoms. The van der Waals surface area contributed by atoms with Crippen LogP contribution in [0.5, 0.6) is 0 Å². The molecule has 0 aliphatic carbocycles. The van der Waals surface area contributed by atoms with Crippen LogP contribution in [0.4, 0.5) is 0 Å². The number of guanidine groups is 1. The van der Waals surface area contributed by atoms with Gasteiger partial charge in [0.05, 0.1) is 5.69 Å². The zero-order chi connectivity index (χ0) is 18.2. The van der Waals surface area contributed by atoms with Crippen molar-refractivity contribution < 1.29 is 0 Å². The molecule has 25 heavy (non-hydrogen) atoms. The largest absolute Gasteiger partial charge is 0.356 e. The van der Waals surface area contributed by atoms with Crippen LogP contribution >= 0.6 is 0 Å². The number of aromatic nitrogens is 2. The first-order valence-corrected chi connectivity index (χ1v) is 9.72. The molecule has 6 nitrogen and oxygen atoms in total. The highest BCUT2D eigenvalue weighted by atomic mass is 15.3. The topological polar surface area (TPSA) is 57.5 Å². The van der Waals surface area contributed by atoms with Crippen LogP contribution in [0.3, 0.4) is 0 Å². The van der Waals surface area contributed by atoms with Crippen molar-refractivity contribution in [1.29, 1.82) is 0 Å². The van der Waals surface area contributed by atoms with E-state index in [1.807, 2.05) is 14.0 Å². The van der Waals surface area contributed by atoms with Gasteiger partial charge in [0, 0.05) is 44.5 Å². The predicted octanol–water partition coefficient (Wildman–Crippen LogP) is 2.32. The Balaban J connectivity index is 1.67. The summed E-state index contributed by atoms with van der Waals surface area (Å²) in [5, 5.41) is 11.4. The Morgan fingerprint density at radius 1 is 1.36 bits per heavy atom. The molecule has 0 saturated carbocycles. The van der Waals surface area contributed by atoms with Gasteiger partial charge in [-0.2, -0.15) is 5.10 Å². The Labute approximate surface area is 153 Å². The summed E-state index contributed by atoms with van der Waals surface area (Å²) in [5.41, 5.74) is 2.31. The highest BCUT2D eigenvalue weighted by Crippen LogP contribution is 2.18. The monoisotopic (exact) mass is 348 g/mol. The standard InChI is InChI=1S/C19H36N6/c1-15-13-17(3)25(23-15)12-8-10-21-19(20-5)22-14-18(4)24-11-7-6-9-16(24)2/h13,16,18H,6-12,14H2,1-5H3,(H2,20,21,22). The molecule has 0 spiro atoms. The molecule has 0 radical (unpaired) electrons. The number of rotatable bonds is 7. The maximum absolute atomic E-state index is 4.50. The zero-order valence-corrected chi connectivity index (χ0v) is 16.7. The number of hydrogen-bond donors (Lipinski definition) is 2. The second kappa shape index (κ2) is 9.80. The van der Waals surface area contributed by atoms with Crippen molar-refractivity contribution in [1.82, 2.24) is 25.3 Å². The highest BCUT2D eigenvalue weighted by molar-refractivity contribution is 5.79. The number of nitrogens with zero attached hydrogens (tertiary/aromatic N) is 4. The summed E-state index contributed by atoms with van der Waals surface area (Å²) < 4.78 is 2.08. The normalized spacial score (nSPS) is 20.5. The summed E-state index contributed by atoms with van der Waals surface area (Å²) in [7, 11) is 1.84. The summed E-state index contributed by atoms with van der Waals surface area (Å²) in [6.07, 6.45) is 5.05. The van der Waals surface area contributed by atoms with Gasteiger partial charge in [0.1, 0.15) is 0 Å². The summed E-state index contributed by atoms with van der Waals surface area (Å²) >= 11 is 0. The van der Waals surface area contributed by atoms with E-state index in [0.717, 1.165) is 37.7 Å². The molecule has 1 aromatic heterocycles. The van der Waals surface area contributed by atoms with Gasteiger partial charge in [-0.25, -0.2) is 0 Å². The molecule has 2 heterocycles. The second-order valence-electron chi connectivity index (χ2n) is 7.32. The SMILES string of the molecule is CN=C(NCCCn1nc(C)cc1C)NCC(C)N1CCCCC1C. The molecule has 1 saturated heterocycles. The molecule has 1 aromatic rings. The van der Waals surface area contributed by atoms with Gasteiger partial charge in [0.2, 0.25) is 0 Å². The van der Waals surface area contributed by atoms with E-state index in [2.05, 4.69) is 57.1 Å². The Kier molecular flexibility index (Phi) is 7.75. The molecule has 6 heteroatoms. The predicted molar refractivity (Wildman–Crippen MR) is 105 cm³/mol. The summed E-state index contributed by atoms with van der Waals surface area (Å²) in [6, 6.07) is 3.35. The van der Waals surface area contributed by atoms with E-state index in [1.54, 1.807) is 0 Å². The molecule has 2 N–H and O–H groups in total. The zero-order valence-electron chi connectivity index (χ0n) is 16.7. The third-order valence-electron chi connectivity index (χ3n) is 5.15. The molecule has 0 aromatic carbocycles. The first kappa shape index (κ1) is 19.8. The van der Waals surface area contributed by atoms with Crippen LogP contribution in [0.15, 0.2) is 11.1 Å². The minimum Gasteiger partial charge on any atom is -0.356 e. The fourth-order valence-electron chi connectivity index (χ4n) is 3.69. The van der Waals surface area contributed by atoms with Gasteiger partial charge < -0.3 is 10.6 Å². The quantitative estimate of drug-likeness (QED) is 0.451. The van der Waals surface area contributed by atoms with E-state index in [4.69, 9.17) is 0 Å². The van der Waals surface area contributed by atoms with Gasteiger partial charge in [0.25, 0.3) is 0 Å². The van der Waals surface area contributed by atoms with Crippen LogP contribution in [-0.2, 0) is 6.54 Å². The lowest BCUT2D eigenvalue weighted by Crippen LogP contribution is -2.50.